The fourth-order valence-electron chi connectivity index (χ4n) is 2.47. The van der Waals surface area contributed by atoms with Crippen LogP contribution in [0.3, 0.4) is 0 Å². The fraction of sp³-hybridized carbons (Fsp3) is 0.0588. The van der Waals surface area contributed by atoms with E-state index in [2.05, 4.69) is 27.5 Å². The van der Waals surface area contributed by atoms with Crippen LogP contribution in [0.2, 0.25) is 0 Å². The van der Waals surface area contributed by atoms with E-state index in [-0.39, 0.29) is 0 Å². The van der Waals surface area contributed by atoms with Crippen LogP contribution in [-0.4, -0.2) is 21.7 Å². The van der Waals surface area contributed by atoms with Crippen LogP contribution in [0.4, 0.5) is 11.6 Å². The first-order valence-electron chi connectivity index (χ1n) is 6.98. The molecule has 0 radical (unpaired) electrons. The summed E-state index contributed by atoms with van der Waals surface area (Å²) in [7, 11) is 1.65. The predicted octanol–water partition coefficient (Wildman–Crippen LogP) is 3.63. The molecule has 0 atom stereocenters. The Morgan fingerprint density at radius 3 is 2.68 bits per heavy atom. The van der Waals surface area contributed by atoms with E-state index in [0.717, 1.165) is 27.9 Å². The molecular formula is C17H14N4O. The number of ether oxygens (including phenoxy) is 1. The van der Waals surface area contributed by atoms with E-state index in [1.807, 2.05) is 53.2 Å². The molecular weight excluding hydrogens is 276 g/mol. The molecule has 2 aromatic heterocycles. The molecule has 0 amide bonds. The largest absolute Gasteiger partial charge is 0.497 e. The molecule has 108 valence electrons. The molecule has 0 spiro atoms. The van der Waals surface area contributed by atoms with Crippen molar-refractivity contribution in [2.24, 2.45) is 0 Å². The molecule has 0 aliphatic heterocycles. The number of aromatic nitrogens is 3. The van der Waals surface area contributed by atoms with Crippen molar-refractivity contribution in [1.29, 1.82) is 0 Å². The summed E-state index contributed by atoms with van der Waals surface area (Å²) >= 11 is 0. The lowest BCUT2D eigenvalue weighted by Gasteiger charge is -2.06. The minimum absolute atomic E-state index is 0.555. The molecule has 2 aromatic carbocycles. The monoisotopic (exact) mass is 290 g/mol. The standard InChI is InChI=1S/C17H14N4O/c1-22-15-8-6-13(7-9-15)19-17-18-11-14-10-12-4-2-3-5-16(12)21(14)20-17/h2-11H,1H3,(H,19,20). The van der Waals surface area contributed by atoms with Gasteiger partial charge < -0.3 is 10.1 Å². The Kier molecular flexibility index (Phi) is 2.89. The van der Waals surface area contributed by atoms with Crippen LogP contribution in [0.15, 0.2) is 60.8 Å². The van der Waals surface area contributed by atoms with Crippen LogP contribution in [0, 0.1) is 0 Å². The SMILES string of the molecule is COc1ccc(Nc2ncc3cc4ccccc4n3n2)cc1. The van der Waals surface area contributed by atoms with Gasteiger partial charge >= 0.3 is 0 Å². The summed E-state index contributed by atoms with van der Waals surface area (Å²) in [5, 5.41) is 8.92. The molecule has 0 saturated carbocycles. The highest BCUT2D eigenvalue weighted by Crippen LogP contribution is 2.21. The van der Waals surface area contributed by atoms with Crippen molar-refractivity contribution >= 4 is 28.1 Å². The second-order valence-electron chi connectivity index (χ2n) is 4.98. The van der Waals surface area contributed by atoms with Gasteiger partial charge in [-0.3, -0.25) is 0 Å². The van der Waals surface area contributed by atoms with Crippen LogP contribution >= 0.6 is 0 Å². The van der Waals surface area contributed by atoms with Gasteiger partial charge in [-0.15, -0.1) is 5.10 Å². The Bertz CT molecular complexity index is 944. The number of methoxy groups -OCH3 is 1. The van der Waals surface area contributed by atoms with Gasteiger partial charge in [-0.1, -0.05) is 18.2 Å². The van der Waals surface area contributed by atoms with Crippen molar-refractivity contribution in [3.63, 3.8) is 0 Å². The van der Waals surface area contributed by atoms with Crippen molar-refractivity contribution in [3.05, 3.63) is 60.8 Å². The normalized spacial score (nSPS) is 11.0. The smallest absolute Gasteiger partial charge is 0.245 e. The minimum atomic E-state index is 0.555. The fourth-order valence-corrected chi connectivity index (χ4v) is 2.47. The summed E-state index contributed by atoms with van der Waals surface area (Å²) < 4.78 is 7.05. The van der Waals surface area contributed by atoms with Gasteiger partial charge in [0.05, 0.1) is 24.3 Å². The molecule has 0 aliphatic rings. The predicted molar refractivity (Wildman–Crippen MR) is 86.8 cm³/mol. The first kappa shape index (κ1) is 12.6. The van der Waals surface area contributed by atoms with Gasteiger partial charge in [0.15, 0.2) is 0 Å². The van der Waals surface area contributed by atoms with Crippen LogP contribution in [0.1, 0.15) is 0 Å². The van der Waals surface area contributed by atoms with Crippen molar-refractivity contribution in [1.82, 2.24) is 14.6 Å². The van der Waals surface area contributed by atoms with Crippen molar-refractivity contribution in [2.75, 3.05) is 12.4 Å². The molecule has 5 nitrogen and oxygen atoms in total. The summed E-state index contributed by atoms with van der Waals surface area (Å²) in [4.78, 5) is 4.37. The molecule has 4 rings (SSSR count). The highest BCUT2D eigenvalue weighted by atomic mass is 16.5. The Morgan fingerprint density at radius 2 is 1.86 bits per heavy atom. The topological polar surface area (TPSA) is 51.5 Å². The summed E-state index contributed by atoms with van der Waals surface area (Å²) in [6, 6.07) is 17.9. The van der Waals surface area contributed by atoms with Gasteiger partial charge in [-0.05, 0) is 36.4 Å². The molecule has 22 heavy (non-hydrogen) atoms. The molecule has 0 aliphatic carbocycles. The molecule has 0 fully saturated rings. The van der Waals surface area contributed by atoms with Gasteiger partial charge in [0.2, 0.25) is 5.95 Å². The summed E-state index contributed by atoms with van der Waals surface area (Å²) in [5.41, 5.74) is 2.95. The van der Waals surface area contributed by atoms with E-state index in [1.54, 1.807) is 7.11 Å². The van der Waals surface area contributed by atoms with Crippen molar-refractivity contribution in [3.8, 4) is 5.75 Å². The van der Waals surface area contributed by atoms with Gasteiger partial charge in [-0.25, -0.2) is 9.50 Å². The Labute approximate surface area is 127 Å². The third kappa shape index (κ3) is 2.13. The average molecular weight is 290 g/mol. The molecule has 1 N–H and O–H groups in total. The second-order valence-corrected chi connectivity index (χ2v) is 4.98. The lowest BCUT2D eigenvalue weighted by atomic mass is 10.2. The van der Waals surface area contributed by atoms with Gasteiger partial charge in [-0.2, -0.15) is 0 Å². The number of benzene rings is 2. The molecule has 4 aromatic rings. The number of hydrogen-bond donors (Lipinski definition) is 1. The van der Waals surface area contributed by atoms with E-state index >= 15 is 0 Å². The molecule has 0 unspecified atom stereocenters. The summed E-state index contributed by atoms with van der Waals surface area (Å²) in [6.45, 7) is 0. The van der Waals surface area contributed by atoms with E-state index < -0.39 is 0 Å². The number of nitrogens with zero attached hydrogens (tertiary/aromatic N) is 3. The zero-order chi connectivity index (χ0) is 14.9. The number of anilines is 2. The third-order valence-electron chi connectivity index (χ3n) is 3.57. The number of fused-ring (bicyclic) bond motifs is 3. The van der Waals surface area contributed by atoms with E-state index in [1.165, 1.54) is 0 Å². The number of rotatable bonds is 3. The lowest BCUT2D eigenvalue weighted by Crippen LogP contribution is -2.01. The maximum Gasteiger partial charge on any atom is 0.245 e. The minimum Gasteiger partial charge on any atom is -0.497 e. The highest BCUT2D eigenvalue weighted by molar-refractivity contribution is 5.86. The Morgan fingerprint density at radius 1 is 1.05 bits per heavy atom. The average Bonchev–Trinajstić information content (AvgIpc) is 2.94. The quantitative estimate of drug-likeness (QED) is 0.626. The molecule has 0 bridgehead atoms. The van der Waals surface area contributed by atoms with Crippen molar-refractivity contribution < 1.29 is 4.74 Å². The number of para-hydroxylation sites is 1. The zero-order valence-electron chi connectivity index (χ0n) is 12.0. The van der Waals surface area contributed by atoms with Gasteiger partial charge in [0.1, 0.15) is 5.75 Å². The number of nitrogens with one attached hydrogen (secondary N) is 1. The number of hydrogen-bond acceptors (Lipinski definition) is 4. The first-order chi connectivity index (χ1) is 10.8. The Hall–Kier alpha value is -3.08. The van der Waals surface area contributed by atoms with E-state index in [4.69, 9.17) is 4.74 Å². The van der Waals surface area contributed by atoms with Crippen LogP contribution < -0.4 is 10.1 Å². The maximum atomic E-state index is 5.15. The van der Waals surface area contributed by atoms with Gasteiger partial charge in [0, 0.05) is 11.1 Å². The zero-order valence-corrected chi connectivity index (χ0v) is 12.0. The lowest BCUT2D eigenvalue weighted by molar-refractivity contribution is 0.415. The van der Waals surface area contributed by atoms with Crippen molar-refractivity contribution in [2.45, 2.75) is 0 Å². The van der Waals surface area contributed by atoms with Crippen LogP contribution in [-0.2, 0) is 0 Å². The highest BCUT2D eigenvalue weighted by Gasteiger charge is 2.05. The summed E-state index contributed by atoms with van der Waals surface area (Å²) in [5.74, 6) is 1.37. The van der Waals surface area contributed by atoms with E-state index in [9.17, 15) is 0 Å². The van der Waals surface area contributed by atoms with Gasteiger partial charge in [0.25, 0.3) is 0 Å². The summed E-state index contributed by atoms with van der Waals surface area (Å²) in [6.07, 6.45) is 1.82. The first-order valence-corrected chi connectivity index (χ1v) is 6.98. The maximum absolute atomic E-state index is 5.15. The van der Waals surface area contributed by atoms with Crippen LogP contribution in [0.25, 0.3) is 16.4 Å². The van der Waals surface area contributed by atoms with E-state index in [0.29, 0.717) is 5.95 Å². The Balaban J connectivity index is 1.73. The van der Waals surface area contributed by atoms with Crippen LogP contribution in [0.5, 0.6) is 5.75 Å². The molecule has 5 heteroatoms. The molecule has 0 saturated heterocycles. The second kappa shape index (κ2) is 5.04. The third-order valence-corrected chi connectivity index (χ3v) is 3.57. The molecule has 2 heterocycles.